The Kier molecular flexibility index (Phi) is 5.89. The minimum Gasteiger partial charge on any atom is -0.450 e. The summed E-state index contributed by atoms with van der Waals surface area (Å²) in [5.41, 5.74) is 0.906. The zero-order valence-corrected chi connectivity index (χ0v) is 19.5. The summed E-state index contributed by atoms with van der Waals surface area (Å²) in [6.07, 6.45) is 6.40. The number of ether oxygens (including phenoxy) is 2. The van der Waals surface area contributed by atoms with Gasteiger partial charge >= 0.3 is 12.2 Å². The van der Waals surface area contributed by atoms with Crippen LogP contribution in [-0.2, 0) is 4.74 Å². The number of benzene rings is 1. The van der Waals surface area contributed by atoms with Gasteiger partial charge in [0.2, 0.25) is 5.43 Å². The van der Waals surface area contributed by atoms with E-state index in [0.717, 1.165) is 31.5 Å². The topological polar surface area (TPSA) is 110 Å². The molecule has 0 spiro atoms. The van der Waals surface area contributed by atoms with Crippen LogP contribution in [0.15, 0.2) is 35.3 Å². The van der Waals surface area contributed by atoms with E-state index >= 15 is 0 Å². The van der Waals surface area contributed by atoms with Gasteiger partial charge in [0.1, 0.15) is 0 Å². The molecule has 0 bridgehead atoms. The van der Waals surface area contributed by atoms with Crippen LogP contribution in [-0.4, -0.2) is 47.7 Å². The molecule has 2 heterocycles. The first kappa shape index (κ1) is 22.6. The number of hydrogen-bond donors (Lipinski definition) is 2. The van der Waals surface area contributed by atoms with Gasteiger partial charge in [0.25, 0.3) is 0 Å². The van der Waals surface area contributed by atoms with Crippen molar-refractivity contribution in [2.24, 2.45) is 11.8 Å². The van der Waals surface area contributed by atoms with Crippen molar-refractivity contribution in [2.45, 2.75) is 38.3 Å². The summed E-state index contributed by atoms with van der Waals surface area (Å²) >= 11 is 6.92. The number of aromatic nitrogens is 1. The molecule has 3 unspecified atom stereocenters. The molecule has 2 fully saturated rings. The molecule has 3 aliphatic rings. The fourth-order valence-electron chi connectivity index (χ4n) is 5.17. The second-order valence-electron chi connectivity index (χ2n) is 8.99. The first-order valence-corrected chi connectivity index (χ1v) is 11.9. The molecule has 1 saturated carbocycles. The SMILES string of the molecule is CCOC(=O)NC1CC=CC2CN(c3ccc4c(=O)c(OC(=O)O)cn(C5CC5)c4c3Cl)CC21. The molecule has 9 nitrogen and oxygen atoms in total. The lowest BCUT2D eigenvalue weighted by molar-refractivity contribution is 0.141. The number of nitrogens with zero attached hydrogens (tertiary/aromatic N) is 2. The second-order valence-corrected chi connectivity index (χ2v) is 9.37. The fraction of sp³-hybridized carbons (Fsp3) is 0.458. The number of halogens is 1. The van der Waals surface area contributed by atoms with E-state index in [-0.39, 0.29) is 29.7 Å². The largest absolute Gasteiger partial charge is 0.511 e. The van der Waals surface area contributed by atoms with Crippen molar-refractivity contribution in [3.05, 3.63) is 45.7 Å². The number of anilines is 1. The third-order valence-electron chi connectivity index (χ3n) is 6.84. The Hall–Kier alpha value is -3.20. The zero-order valence-electron chi connectivity index (χ0n) is 18.7. The number of pyridine rings is 1. The standard InChI is InChI=1S/C24H26ClN3O6/c1-2-33-23(30)26-17-5-3-4-13-10-27(11-16(13)17)18-9-8-15-21(20(18)25)28(14-6-7-14)12-19(22(15)29)34-24(31)32/h3-4,8-9,12-14,16-17H,2,5-7,10-11H2,1H3,(H,26,30)(H,31,32). The zero-order chi connectivity index (χ0) is 24.0. The summed E-state index contributed by atoms with van der Waals surface area (Å²) in [5.74, 6) is 0.239. The van der Waals surface area contributed by atoms with Gasteiger partial charge in [-0.05, 0) is 38.3 Å². The highest BCUT2D eigenvalue weighted by atomic mass is 35.5. The van der Waals surface area contributed by atoms with E-state index < -0.39 is 17.7 Å². The molecule has 1 aliphatic heterocycles. The Balaban J connectivity index is 1.49. The molecule has 0 radical (unpaired) electrons. The molecule has 2 aromatic rings. The number of nitrogens with one attached hydrogen (secondary N) is 1. The second kappa shape index (κ2) is 8.87. The maximum atomic E-state index is 12.9. The van der Waals surface area contributed by atoms with Crippen LogP contribution in [0.4, 0.5) is 15.3 Å². The van der Waals surface area contributed by atoms with Crippen LogP contribution in [0.5, 0.6) is 5.75 Å². The number of hydrogen-bond acceptors (Lipinski definition) is 6. The van der Waals surface area contributed by atoms with Crippen LogP contribution < -0.4 is 20.4 Å². The minimum atomic E-state index is -1.53. The van der Waals surface area contributed by atoms with Crippen molar-refractivity contribution < 1.29 is 24.2 Å². The van der Waals surface area contributed by atoms with Crippen LogP contribution in [0, 0.1) is 11.8 Å². The first-order chi connectivity index (χ1) is 16.4. The highest BCUT2D eigenvalue weighted by molar-refractivity contribution is 6.38. The van der Waals surface area contributed by atoms with Crippen molar-refractivity contribution in [2.75, 3.05) is 24.6 Å². The van der Waals surface area contributed by atoms with E-state index in [0.29, 0.717) is 29.1 Å². The van der Waals surface area contributed by atoms with Gasteiger partial charge in [0.15, 0.2) is 5.75 Å². The third-order valence-corrected chi connectivity index (χ3v) is 7.21. The number of carboxylic acid groups (broad SMARTS) is 1. The lowest BCUT2D eigenvalue weighted by Crippen LogP contribution is -2.44. The Morgan fingerprint density at radius 1 is 1.26 bits per heavy atom. The monoisotopic (exact) mass is 487 g/mol. The molecule has 1 amide bonds. The van der Waals surface area contributed by atoms with Crippen LogP contribution in [0.2, 0.25) is 5.02 Å². The fourth-order valence-corrected chi connectivity index (χ4v) is 5.55. The average Bonchev–Trinajstić information content (AvgIpc) is 3.54. The molecule has 2 N–H and O–H groups in total. The Morgan fingerprint density at radius 2 is 2.06 bits per heavy atom. The van der Waals surface area contributed by atoms with E-state index in [4.69, 9.17) is 26.2 Å². The Labute approximate surface area is 200 Å². The van der Waals surface area contributed by atoms with Crippen molar-refractivity contribution >= 4 is 40.4 Å². The molecular weight excluding hydrogens is 462 g/mol. The number of fused-ring (bicyclic) bond motifs is 2. The van der Waals surface area contributed by atoms with E-state index in [1.54, 1.807) is 13.0 Å². The molecule has 10 heteroatoms. The van der Waals surface area contributed by atoms with Gasteiger partial charge in [-0.1, -0.05) is 23.8 Å². The summed E-state index contributed by atoms with van der Waals surface area (Å²) in [6, 6.07) is 3.62. The minimum absolute atomic E-state index is 0.0290. The molecule has 1 aromatic heterocycles. The predicted octanol–water partition coefficient (Wildman–Crippen LogP) is 4.17. The van der Waals surface area contributed by atoms with E-state index in [1.807, 2.05) is 10.6 Å². The maximum Gasteiger partial charge on any atom is 0.511 e. The normalized spacial score (nSPS) is 23.6. The van der Waals surface area contributed by atoms with Gasteiger partial charge in [-0.15, -0.1) is 0 Å². The molecule has 1 aromatic carbocycles. The summed E-state index contributed by atoms with van der Waals surface area (Å²) in [6.45, 7) is 3.54. The number of amides is 1. The summed E-state index contributed by atoms with van der Waals surface area (Å²) in [7, 11) is 0. The van der Waals surface area contributed by atoms with Crippen LogP contribution in [0.1, 0.15) is 32.2 Å². The van der Waals surface area contributed by atoms with Gasteiger partial charge in [0, 0.05) is 37.0 Å². The highest BCUT2D eigenvalue weighted by Crippen LogP contribution is 2.43. The van der Waals surface area contributed by atoms with Crippen molar-refractivity contribution in [3.63, 3.8) is 0 Å². The van der Waals surface area contributed by atoms with Crippen molar-refractivity contribution in [1.29, 1.82) is 0 Å². The Bertz CT molecular complexity index is 1240. The highest BCUT2D eigenvalue weighted by Gasteiger charge is 2.40. The smallest absolute Gasteiger partial charge is 0.450 e. The molecule has 5 rings (SSSR count). The first-order valence-electron chi connectivity index (χ1n) is 11.5. The molecular formula is C24H26ClN3O6. The van der Waals surface area contributed by atoms with Crippen molar-refractivity contribution in [3.8, 4) is 5.75 Å². The molecule has 3 atom stereocenters. The van der Waals surface area contributed by atoms with E-state index in [9.17, 15) is 14.4 Å². The number of rotatable bonds is 5. The van der Waals surface area contributed by atoms with Crippen LogP contribution in [0.3, 0.4) is 0 Å². The number of carbonyl (C=O) groups is 2. The maximum absolute atomic E-state index is 12.9. The molecule has 1 saturated heterocycles. The predicted molar refractivity (Wildman–Crippen MR) is 127 cm³/mol. The number of carbonyl (C=O) groups excluding carboxylic acids is 1. The lowest BCUT2D eigenvalue weighted by atomic mass is 9.83. The molecule has 2 aliphatic carbocycles. The van der Waals surface area contributed by atoms with E-state index in [1.165, 1.54) is 6.20 Å². The summed E-state index contributed by atoms with van der Waals surface area (Å²) < 4.78 is 11.7. The van der Waals surface area contributed by atoms with Gasteiger partial charge < -0.3 is 29.4 Å². The third kappa shape index (κ3) is 4.09. The van der Waals surface area contributed by atoms with Crippen LogP contribution in [0.25, 0.3) is 10.9 Å². The Morgan fingerprint density at radius 3 is 2.76 bits per heavy atom. The molecule has 180 valence electrons. The lowest BCUT2D eigenvalue weighted by Gasteiger charge is -2.29. The van der Waals surface area contributed by atoms with Crippen molar-refractivity contribution in [1.82, 2.24) is 9.88 Å². The van der Waals surface area contributed by atoms with Crippen LogP contribution >= 0.6 is 11.6 Å². The quantitative estimate of drug-likeness (QED) is 0.481. The molecule has 34 heavy (non-hydrogen) atoms. The van der Waals surface area contributed by atoms with Gasteiger partial charge in [0.05, 0.1) is 34.4 Å². The summed E-state index contributed by atoms with van der Waals surface area (Å²) in [4.78, 5) is 38.2. The van der Waals surface area contributed by atoms with Gasteiger partial charge in [-0.3, -0.25) is 4.79 Å². The van der Waals surface area contributed by atoms with E-state index in [2.05, 4.69) is 22.4 Å². The summed E-state index contributed by atoms with van der Waals surface area (Å²) in [5, 5.41) is 12.8. The average molecular weight is 488 g/mol. The number of alkyl carbamates (subject to hydrolysis) is 1. The van der Waals surface area contributed by atoms with Gasteiger partial charge in [-0.25, -0.2) is 9.59 Å². The van der Waals surface area contributed by atoms with Gasteiger partial charge in [-0.2, -0.15) is 0 Å².